The van der Waals surface area contributed by atoms with E-state index in [1.807, 2.05) is 55.5 Å². The highest BCUT2D eigenvalue weighted by molar-refractivity contribution is 7.17. The molecule has 1 fully saturated rings. The number of piperidine rings is 1. The number of carboxylic acids is 1. The van der Waals surface area contributed by atoms with Crippen LogP contribution >= 0.6 is 22.9 Å². The number of benzene rings is 2. The first-order valence-corrected chi connectivity index (χ1v) is 12.2. The number of amides is 1. The van der Waals surface area contributed by atoms with Crippen LogP contribution < -0.4 is 10.2 Å². The topological polar surface area (TPSA) is 82.5 Å². The van der Waals surface area contributed by atoms with Crippen molar-refractivity contribution in [2.75, 3.05) is 24.5 Å². The number of hydrogen-bond donors (Lipinski definition) is 2. The number of aromatic nitrogens is 1. The molecule has 1 aliphatic rings. The number of para-hydroxylation sites is 1. The van der Waals surface area contributed by atoms with E-state index in [1.54, 1.807) is 0 Å². The molecule has 6 nitrogen and oxygen atoms in total. The number of nitrogens with zero attached hydrogens (tertiary/aromatic N) is 2. The maximum absolute atomic E-state index is 12.9. The molecule has 1 aliphatic heterocycles. The highest BCUT2D eigenvalue weighted by Crippen LogP contribution is 2.30. The Balaban J connectivity index is 1.39. The molecule has 3 aromatic rings. The lowest BCUT2D eigenvalue weighted by Crippen LogP contribution is -2.41. The number of carbonyl (C=O) groups is 2. The molecule has 8 heteroatoms. The van der Waals surface area contributed by atoms with Gasteiger partial charge in [-0.3, -0.25) is 9.59 Å². The van der Waals surface area contributed by atoms with Crippen LogP contribution in [0.2, 0.25) is 5.02 Å². The molecule has 1 atom stereocenters. The van der Waals surface area contributed by atoms with Crippen molar-refractivity contribution < 1.29 is 14.7 Å². The van der Waals surface area contributed by atoms with Crippen molar-refractivity contribution in [1.82, 2.24) is 10.3 Å². The number of aliphatic carboxylic acids is 1. The molecule has 0 spiro atoms. The standard InChI is InChI=1S/C25H26ClN3O3S/c1-16-23(33-25(28-16)18-8-10-20(26)11-9-18)24(32)27-14-17-5-4-12-29(15-17)21-7-3-2-6-19(21)13-22(30)31/h2-3,6-11,17H,4-5,12-15H2,1H3,(H,27,32)(H,30,31). The molecular formula is C25H26ClN3O3S. The van der Waals surface area contributed by atoms with E-state index in [2.05, 4.69) is 15.2 Å². The minimum atomic E-state index is -0.832. The Morgan fingerprint density at radius 2 is 1.97 bits per heavy atom. The van der Waals surface area contributed by atoms with E-state index in [0.717, 1.165) is 53.4 Å². The van der Waals surface area contributed by atoms with Crippen LogP contribution in [0.4, 0.5) is 5.69 Å². The third kappa shape index (κ3) is 5.72. The molecule has 1 aromatic heterocycles. The van der Waals surface area contributed by atoms with Crippen LogP contribution in [0.3, 0.4) is 0 Å². The fraction of sp³-hybridized carbons (Fsp3) is 0.320. The number of carboxylic acid groups (broad SMARTS) is 1. The van der Waals surface area contributed by atoms with Crippen molar-refractivity contribution in [3.05, 3.63) is 69.7 Å². The number of hydrogen-bond acceptors (Lipinski definition) is 5. The lowest BCUT2D eigenvalue weighted by atomic mass is 9.96. The summed E-state index contributed by atoms with van der Waals surface area (Å²) in [6.07, 6.45) is 2.03. The van der Waals surface area contributed by atoms with E-state index in [-0.39, 0.29) is 12.3 Å². The van der Waals surface area contributed by atoms with Crippen LogP contribution in [-0.4, -0.2) is 41.6 Å². The Morgan fingerprint density at radius 3 is 2.73 bits per heavy atom. The predicted octanol–water partition coefficient (Wildman–Crippen LogP) is 5.05. The maximum Gasteiger partial charge on any atom is 0.307 e. The second kappa shape index (κ2) is 10.4. The number of carbonyl (C=O) groups excluding carboxylic acids is 1. The molecule has 2 N–H and O–H groups in total. The Bertz CT molecular complexity index is 1150. The average molecular weight is 484 g/mol. The Morgan fingerprint density at radius 1 is 1.21 bits per heavy atom. The molecule has 0 aliphatic carbocycles. The van der Waals surface area contributed by atoms with Gasteiger partial charge in [-0.05, 0) is 49.4 Å². The molecule has 4 rings (SSSR count). The average Bonchev–Trinajstić information content (AvgIpc) is 3.20. The predicted molar refractivity (Wildman–Crippen MR) is 132 cm³/mol. The number of nitrogens with one attached hydrogen (secondary N) is 1. The summed E-state index contributed by atoms with van der Waals surface area (Å²) in [7, 11) is 0. The van der Waals surface area contributed by atoms with E-state index >= 15 is 0 Å². The van der Waals surface area contributed by atoms with Gasteiger partial charge in [0.15, 0.2) is 0 Å². The van der Waals surface area contributed by atoms with E-state index in [4.69, 9.17) is 11.6 Å². The van der Waals surface area contributed by atoms with Crippen LogP contribution in [-0.2, 0) is 11.2 Å². The SMILES string of the molecule is Cc1nc(-c2ccc(Cl)cc2)sc1C(=O)NCC1CCCN(c2ccccc2CC(=O)O)C1. The Labute approximate surface area is 202 Å². The van der Waals surface area contributed by atoms with E-state index in [1.165, 1.54) is 11.3 Å². The van der Waals surface area contributed by atoms with Crippen molar-refractivity contribution in [3.8, 4) is 10.6 Å². The molecule has 0 radical (unpaired) electrons. The van der Waals surface area contributed by atoms with Gasteiger partial charge >= 0.3 is 5.97 Å². The molecule has 2 aromatic carbocycles. The number of thiazole rings is 1. The molecule has 0 bridgehead atoms. The molecule has 1 saturated heterocycles. The Hall–Kier alpha value is -2.90. The first-order valence-electron chi connectivity index (χ1n) is 11.0. The zero-order chi connectivity index (χ0) is 23.4. The zero-order valence-electron chi connectivity index (χ0n) is 18.4. The highest BCUT2D eigenvalue weighted by Gasteiger charge is 2.24. The van der Waals surface area contributed by atoms with Crippen LogP contribution in [0.15, 0.2) is 48.5 Å². The van der Waals surface area contributed by atoms with Gasteiger partial charge in [0.05, 0.1) is 12.1 Å². The smallest absolute Gasteiger partial charge is 0.307 e. The van der Waals surface area contributed by atoms with Crippen molar-refractivity contribution in [2.24, 2.45) is 5.92 Å². The minimum Gasteiger partial charge on any atom is -0.481 e. The largest absolute Gasteiger partial charge is 0.481 e. The summed E-state index contributed by atoms with van der Waals surface area (Å²) in [6.45, 7) is 4.10. The van der Waals surface area contributed by atoms with Crippen molar-refractivity contribution >= 4 is 40.5 Å². The van der Waals surface area contributed by atoms with Crippen LogP contribution in [0.5, 0.6) is 0 Å². The van der Waals surface area contributed by atoms with Gasteiger partial charge in [-0.1, -0.05) is 41.9 Å². The number of anilines is 1. The summed E-state index contributed by atoms with van der Waals surface area (Å²) in [5, 5.41) is 13.8. The lowest BCUT2D eigenvalue weighted by Gasteiger charge is -2.35. The fourth-order valence-electron chi connectivity index (χ4n) is 4.22. The van der Waals surface area contributed by atoms with Crippen molar-refractivity contribution in [3.63, 3.8) is 0 Å². The van der Waals surface area contributed by atoms with Gasteiger partial charge < -0.3 is 15.3 Å². The van der Waals surface area contributed by atoms with Gasteiger partial charge in [-0.25, -0.2) is 4.98 Å². The molecule has 33 heavy (non-hydrogen) atoms. The third-order valence-corrected chi connectivity index (χ3v) is 7.30. The maximum atomic E-state index is 12.9. The molecule has 1 unspecified atom stereocenters. The highest BCUT2D eigenvalue weighted by atomic mass is 35.5. The van der Waals surface area contributed by atoms with Crippen molar-refractivity contribution in [1.29, 1.82) is 0 Å². The molecule has 0 saturated carbocycles. The number of rotatable bonds is 7. The Kier molecular flexibility index (Phi) is 7.30. The lowest BCUT2D eigenvalue weighted by molar-refractivity contribution is -0.136. The normalized spacial score (nSPS) is 15.9. The third-order valence-electron chi connectivity index (χ3n) is 5.84. The summed E-state index contributed by atoms with van der Waals surface area (Å²) in [4.78, 5) is 31.6. The summed E-state index contributed by atoms with van der Waals surface area (Å²) in [6, 6.07) is 15.1. The summed E-state index contributed by atoms with van der Waals surface area (Å²) < 4.78 is 0. The first-order chi connectivity index (χ1) is 15.9. The van der Waals surface area contributed by atoms with Crippen LogP contribution in [0.25, 0.3) is 10.6 Å². The van der Waals surface area contributed by atoms with Gasteiger partial charge in [-0.2, -0.15) is 0 Å². The van der Waals surface area contributed by atoms with Crippen molar-refractivity contribution in [2.45, 2.75) is 26.2 Å². The van der Waals surface area contributed by atoms with E-state index in [9.17, 15) is 14.7 Å². The quantitative estimate of drug-likeness (QED) is 0.491. The van der Waals surface area contributed by atoms with Gasteiger partial charge in [0, 0.05) is 35.9 Å². The molecular weight excluding hydrogens is 458 g/mol. The summed E-state index contributed by atoms with van der Waals surface area (Å²) >= 11 is 7.36. The van der Waals surface area contributed by atoms with E-state index in [0.29, 0.717) is 22.4 Å². The fourth-order valence-corrected chi connectivity index (χ4v) is 5.34. The van der Waals surface area contributed by atoms with Crippen LogP contribution in [0, 0.1) is 12.8 Å². The van der Waals surface area contributed by atoms with Crippen LogP contribution in [0.1, 0.15) is 33.8 Å². The van der Waals surface area contributed by atoms with Gasteiger partial charge in [0.1, 0.15) is 9.88 Å². The number of halogens is 1. The first kappa shape index (κ1) is 23.3. The van der Waals surface area contributed by atoms with Gasteiger partial charge in [0.25, 0.3) is 5.91 Å². The summed E-state index contributed by atoms with van der Waals surface area (Å²) in [5.41, 5.74) is 3.45. The van der Waals surface area contributed by atoms with Gasteiger partial charge in [0.2, 0.25) is 0 Å². The molecule has 1 amide bonds. The second-order valence-corrected chi connectivity index (χ2v) is 9.74. The van der Waals surface area contributed by atoms with Gasteiger partial charge in [-0.15, -0.1) is 11.3 Å². The molecule has 172 valence electrons. The minimum absolute atomic E-state index is 0.00861. The second-order valence-electron chi connectivity index (χ2n) is 8.30. The zero-order valence-corrected chi connectivity index (χ0v) is 20.0. The number of aryl methyl sites for hydroxylation is 1. The monoisotopic (exact) mass is 483 g/mol. The van der Waals surface area contributed by atoms with E-state index < -0.39 is 5.97 Å². The summed E-state index contributed by atoms with van der Waals surface area (Å²) in [5.74, 6) is -0.640. The molecule has 2 heterocycles.